The van der Waals surface area contributed by atoms with Crippen molar-refractivity contribution in [3.05, 3.63) is 65.2 Å². The van der Waals surface area contributed by atoms with Crippen molar-refractivity contribution in [2.24, 2.45) is 5.73 Å². The minimum absolute atomic E-state index is 0.175. The zero-order chi connectivity index (χ0) is 20.6. The van der Waals surface area contributed by atoms with Gasteiger partial charge in [-0.25, -0.2) is 4.79 Å². The molecule has 0 saturated heterocycles. The molecule has 6 heteroatoms. The van der Waals surface area contributed by atoms with Crippen LogP contribution in [0.5, 0.6) is 5.75 Å². The Labute approximate surface area is 170 Å². The van der Waals surface area contributed by atoms with Crippen LogP contribution in [0.3, 0.4) is 0 Å². The highest BCUT2D eigenvalue weighted by Gasteiger charge is 2.17. The number of carbonyl (C=O) groups excluding carboxylic acids is 3. The molecule has 1 aliphatic rings. The highest BCUT2D eigenvalue weighted by atomic mass is 16.6. The van der Waals surface area contributed by atoms with Crippen LogP contribution in [-0.4, -0.2) is 30.9 Å². The van der Waals surface area contributed by atoms with Crippen LogP contribution in [0.1, 0.15) is 64.3 Å². The Morgan fingerprint density at radius 3 is 2.28 bits per heavy atom. The Kier molecular flexibility index (Phi) is 7.00. The summed E-state index contributed by atoms with van der Waals surface area (Å²) in [6, 6.07) is 13.9. The van der Waals surface area contributed by atoms with Crippen molar-refractivity contribution in [3.63, 3.8) is 0 Å². The number of ketones is 1. The Morgan fingerprint density at radius 2 is 1.59 bits per heavy atom. The van der Waals surface area contributed by atoms with E-state index in [1.807, 2.05) is 12.1 Å². The van der Waals surface area contributed by atoms with Gasteiger partial charge in [0, 0.05) is 5.56 Å². The van der Waals surface area contributed by atoms with Crippen LogP contribution in [0, 0.1) is 0 Å². The van der Waals surface area contributed by atoms with E-state index in [1.54, 1.807) is 24.3 Å². The first-order valence-electron chi connectivity index (χ1n) is 9.85. The van der Waals surface area contributed by atoms with Gasteiger partial charge in [-0.1, -0.05) is 55.7 Å². The highest BCUT2D eigenvalue weighted by molar-refractivity contribution is 5.98. The molecule has 3 rings (SSSR count). The molecule has 1 aliphatic carbocycles. The molecule has 29 heavy (non-hydrogen) atoms. The largest absolute Gasteiger partial charge is 0.481 e. The van der Waals surface area contributed by atoms with Crippen LogP contribution in [0.15, 0.2) is 48.5 Å². The Morgan fingerprint density at radius 1 is 0.897 bits per heavy atom. The average Bonchev–Trinajstić information content (AvgIpc) is 2.77. The maximum Gasteiger partial charge on any atom is 0.344 e. The summed E-state index contributed by atoms with van der Waals surface area (Å²) in [5, 5.41) is 0. The van der Waals surface area contributed by atoms with E-state index in [1.165, 1.54) is 49.8 Å². The van der Waals surface area contributed by atoms with Gasteiger partial charge in [0.15, 0.2) is 19.0 Å². The molecule has 0 radical (unpaired) electrons. The van der Waals surface area contributed by atoms with Gasteiger partial charge in [0.1, 0.15) is 5.75 Å². The monoisotopic (exact) mass is 395 g/mol. The Bertz CT molecular complexity index is 869. The van der Waals surface area contributed by atoms with Crippen molar-refractivity contribution in [1.82, 2.24) is 0 Å². The lowest BCUT2D eigenvalue weighted by Crippen LogP contribution is -2.21. The maximum atomic E-state index is 12.3. The second-order valence-electron chi connectivity index (χ2n) is 7.19. The van der Waals surface area contributed by atoms with Gasteiger partial charge in [0.05, 0.1) is 5.56 Å². The molecule has 0 aliphatic heterocycles. The summed E-state index contributed by atoms with van der Waals surface area (Å²) >= 11 is 0. The third-order valence-electron chi connectivity index (χ3n) is 5.17. The number of rotatable bonds is 8. The molecule has 6 nitrogen and oxygen atoms in total. The summed E-state index contributed by atoms with van der Waals surface area (Å²) in [7, 11) is 0. The third-order valence-corrected chi connectivity index (χ3v) is 5.17. The molecule has 0 aromatic heterocycles. The topological polar surface area (TPSA) is 95.7 Å². The van der Waals surface area contributed by atoms with E-state index in [0.29, 0.717) is 11.5 Å². The van der Waals surface area contributed by atoms with Crippen molar-refractivity contribution in [3.8, 4) is 5.75 Å². The zero-order valence-electron chi connectivity index (χ0n) is 16.3. The Hall–Kier alpha value is -3.15. The van der Waals surface area contributed by atoms with Crippen LogP contribution in [-0.2, 0) is 9.53 Å². The summed E-state index contributed by atoms with van der Waals surface area (Å²) in [6.45, 7) is -0.777. The standard InChI is InChI=1S/C23H25NO5/c24-23(27)19-8-4-5-9-21(19)28-15-22(26)29-14-20(25)18-12-10-17(11-13-18)16-6-2-1-3-7-16/h4-5,8-13,16H,1-3,6-7,14-15H2,(H2,24,27). The van der Waals surface area contributed by atoms with E-state index < -0.39 is 18.5 Å². The first-order valence-corrected chi connectivity index (χ1v) is 9.85. The molecular weight excluding hydrogens is 370 g/mol. The molecule has 2 aromatic carbocycles. The van der Waals surface area contributed by atoms with E-state index in [-0.39, 0.29) is 23.7 Å². The lowest BCUT2D eigenvalue weighted by atomic mass is 9.84. The van der Waals surface area contributed by atoms with Crippen molar-refractivity contribution in [2.75, 3.05) is 13.2 Å². The molecule has 0 atom stereocenters. The first-order chi connectivity index (χ1) is 14.0. The average molecular weight is 395 g/mol. The number of carbonyl (C=O) groups is 3. The SMILES string of the molecule is NC(=O)c1ccccc1OCC(=O)OCC(=O)c1ccc(C2CCCCC2)cc1. The van der Waals surface area contributed by atoms with Gasteiger partial charge < -0.3 is 15.2 Å². The second-order valence-corrected chi connectivity index (χ2v) is 7.19. The lowest BCUT2D eigenvalue weighted by Gasteiger charge is -2.22. The van der Waals surface area contributed by atoms with E-state index >= 15 is 0 Å². The third kappa shape index (κ3) is 5.67. The molecule has 1 amide bonds. The van der Waals surface area contributed by atoms with Gasteiger partial charge in [-0.2, -0.15) is 0 Å². The molecule has 2 N–H and O–H groups in total. The fraction of sp³-hybridized carbons (Fsp3) is 0.348. The number of esters is 1. The molecule has 1 fully saturated rings. The summed E-state index contributed by atoms with van der Waals surface area (Å²) in [6.07, 6.45) is 6.21. The van der Waals surface area contributed by atoms with Crippen LogP contribution in [0.25, 0.3) is 0 Å². The van der Waals surface area contributed by atoms with Crippen molar-refractivity contribution in [2.45, 2.75) is 38.0 Å². The zero-order valence-corrected chi connectivity index (χ0v) is 16.3. The van der Waals surface area contributed by atoms with Crippen LogP contribution < -0.4 is 10.5 Å². The quantitative estimate of drug-likeness (QED) is 0.544. The summed E-state index contributed by atoms with van der Waals surface area (Å²) in [4.78, 5) is 35.5. The number of primary amides is 1. The smallest absolute Gasteiger partial charge is 0.344 e. The summed E-state index contributed by atoms with van der Waals surface area (Å²) < 4.78 is 10.3. The van der Waals surface area contributed by atoms with Gasteiger partial charge in [-0.3, -0.25) is 9.59 Å². The Balaban J connectivity index is 1.47. The van der Waals surface area contributed by atoms with Crippen LogP contribution >= 0.6 is 0 Å². The molecule has 2 aromatic rings. The minimum Gasteiger partial charge on any atom is -0.481 e. The van der Waals surface area contributed by atoms with Crippen molar-refractivity contribution < 1.29 is 23.9 Å². The normalized spacial score (nSPS) is 14.2. The number of Topliss-reactive ketones (excluding diaryl/α,β-unsaturated/α-hetero) is 1. The minimum atomic E-state index is -0.698. The molecule has 0 unspecified atom stereocenters. The van der Waals surface area contributed by atoms with Gasteiger partial charge in [-0.05, 0) is 36.5 Å². The molecule has 1 saturated carbocycles. The molecule has 152 valence electrons. The van der Waals surface area contributed by atoms with E-state index in [0.717, 1.165) is 0 Å². The number of hydrogen-bond donors (Lipinski definition) is 1. The molecule has 0 heterocycles. The number of hydrogen-bond acceptors (Lipinski definition) is 5. The molecular formula is C23H25NO5. The number of nitrogens with two attached hydrogens (primary N) is 1. The molecule has 0 bridgehead atoms. The first kappa shape index (κ1) is 20.6. The van der Waals surface area contributed by atoms with E-state index in [9.17, 15) is 14.4 Å². The maximum absolute atomic E-state index is 12.3. The number of ether oxygens (including phenoxy) is 2. The fourth-order valence-electron chi connectivity index (χ4n) is 3.58. The van der Waals surface area contributed by atoms with Crippen molar-refractivity contribution in [1.29, 1.82) is 0 Å². The fourth-order valence-corrected chi connectivity index (χ4v) is 3.58. The number of amides is 1. The predicted molar refractivity (Wildman–Crippen MR) is 108 cm³/mol. The highest BCUT2D eigenvalue weighted by Crippen LogP contribution is 2.32. The van der Waals surface area contributed by atoms with Gasteiger partial charge in [-0.15, -0.1) is 0 Å². The molecule has 0 spiro atoms. The summed E-state index contributed by atoms with van der Waals surface area (Å²) in [5.41, 5.74) is 7.21. The van der Waals surface area contributed by atoms with Gasteiger partial charge in [0.25, 0.3) is 5.91 Å². The number of para-hydroxylation sites is 1. The van der Waals surface area contributed by atoms with Crippen LogP contribution in [0.4, 0.5) is 0 Å². The lowest BCUT2D eigenvalue weighted by molar-refractivity contribution is -0.144. The van der Waals surface area contributed by atoms with E-state index in [4.69, 9.17) is 15.2 Å². The second kappa shape index (κ2) is 9.87. The van der Waals surface area contributed by atoms with Gasteiger partial charge in [0.2, 0.25) is 0 Å². The van der Waals surface area contributed by atoms with E-state index in [2.05, 4.69) is 0 Å². The summed E-state index contributed by atoms with van der Waals surface area (Å²) in [5.74, 6) is -0.851. The van der Waals surface area contributed by atoms with Gasteiger partial charge >= 0.3 is 5.97 Å². The number of benzene rings is 2. The predicted octanol–water partition coefficient (Wildman–Crippen LogP) is 3.64. The van der Waals surface area contributed by atoms with Crippen molar-refractivity contribution >= 4 is 17.7 Å². The van der Waals surface area contributed by atoms with Crippen LogP contribution in [0.2, 0.25) is 0 Å².